The molecule has 0 aromatic carbocycles. The molecule has 0 rings (SSSR count). The van der Waals surface area contributed by atoms with E-state index in [9.17, 15) is 4.79 Å². The zero-order valence-corrected chi connectivity index (χ0v) is 21.6. The molecule has 4 heteroatoms. The van der Waals surface area contributed by atoms with E-state index in [1.165, 1.54) is 0 Å². The number of hydrogen-bond acceptors (Lipinski definition) is 2. The fourth-order valence-corrected chi connectivity index (χ4v) is 0.845. The molecular weight excluding hydrogens is 507 g/mol. The summed E-state index contributed by atoms with van der Waals surface area (Å²) in [6, 6.07) is 0.408. The molecule has 0 saturated heterocycles. The molecule has 21 heavy (non-hydrogen) atoms. The Labute approximate surface area is 175 Å². The number of carbonyl (C=O) groups is 1. The summed E-state index contributed by atoms with van der Waals surface area (Å²) >= 11 is 0. The Balaban J connectivity index is -0.0000000483. The number of hydrogen-bond donors (Lipinski definition) is 1. The van der Waals surface area contributed by atoms with Gasteiger partial charge in [0.2, 0.25) is 0 Å². The molecule has 0 heterocycles. The van der Waals surface area contributed by atoms with Crippen LogP contribution in [0.4, 0.5) is 0 Å². The number of rotatable bonds is 5. The summed E-state index contributed by atoms with van der Waals surface area (Å²) in [5, 5.41) is 3.10. The van der Waals surface area contributed by atoms with Crippen LogP contribution in [0.1, 0.15) is 61.8 Å². The van der Waals surface area contributed by atoms with Crippen molar-refractivity contribution in [2.45, 2.75) is 67.9 Å². The second-order valence-corrected chi connectivity index (χ2v) is 5.64. The maximum Gasteiger partial charge on any atom is 0.146 e. The maximum absolute atomic E-state index is 11.1. The summed E-state index contributed by atoms with van der Waals surface area (Å²) < 4.78 is 0. The van der Waals surface area contributed by atoms with Crippen LogP contribution in [0.5, 0.6) is 0 Å². The van der Waals surface area contributed by atoms with Crippen molar-refractivity contribution in [3.63, 3.8) is 0 Å². The van der Waals surface area contributed by atoms with Crippen LogP contribution in [0.25, 0.3) is 0 Å². The first-order valence-corrected chi connectivity index (χ1v) is 6.99. The Kier molecular flexibility index (Phi) is 53.5. The van der Waals surface area contributed by atoms with Crippen LogP contribution in [-0.4, -0.2) is 18.4 Å². The van der Waals surface area contributed by atoms with Gasteiger partial charge in [-0.3, -0.25) is 4.79 Å². The minimum atomic E-state index is 0. The van der Waals surface area contributed by atoms with E-state index in [2.05, 4.69) is 39.9 Å². The van der Waals surface area contributed by atoms with Crippen LogP contribution in [0, 0.1) is 32.6 Å². The van der Waals surface area contributed by atoms with Gasteiger partial charge < -0.3 is 26.1 Å². The number of nitrogens with one attached hydrogen (secondary N) is 1. The molecular formula is C17H38NOWY-3. The monoisotopic (exact) mass is 545 g/mol. The van der Waals surface area contributed by atoms with Crippen molar-refractivity contribution in [2.75, 3.05) is 6.54 Å². The Morgan fingerprint density at radius 2 is 1.38 bits per heavy atom. The Morgan fingerprint density at radius 3 is 1.57 bits per heavy atom. The second-order valence-electron chi connectivity index (χ2n) is 5.64. The first-order valence-electron chi connectivity index (χ1n) is 6.99. The zero-order valence-electron chi connectivity index (χ0n) is 15.8. The minimum absolute atomic E-state index is 0. The molecule has 0 atom stereocenters. The fraction of sp³-hybridized carbons (Fsp3) is 0.765. The molecule has 0 amide bonds. The van der Waals surface area contributed by atoms with Crippen LogP contribution in [0.3, 0.4) is 0 Å². The average molecular weight is 545 g/mol. The molecule has 0 spiro atoms. The number of ketones is 1. The Hall–Kier alpha value is 1.42. The normalized spacial score (nSPS) is 8.38. The summed E-state index contributed by atoms with van der Waals surface area (Å²) in [5.74, 6) is 1.38. The van der Waals surface area contributed by atoms with Crippen molar-refractivity contribution in [1.82, 2.24) is 5.32 Å². The molecule has 0 unspecified atom stereocenters. The van der Waals surface area contributed by atoms with Crippen LogP contribution >= 0.6 is 0 Å². The van der Waals surface area contributed by atoms with Gasteiger partial charge >= 0.3 is 0 Å². The number of carbonyl (C=O) groups excluding carboxylic acids is 1. The maximum atomic E-state index is 11.1. The van der Waals surface area contributed by atoms with E-state index in [4.69, 9.17) is 0 Å². The van der Waals surface area contributed by atoms with Gasteiger partial charge in [0.1, 0.15) is 5.78 Å². The van der Waals surface area contributed by atoms with Crippen LogP contribution in [0.15, 0.2) is 0 Å². The topological polar surface area (TPSA) is 29.1 Å². The smallest absolute Gasteiger partial charge is 0.146 e. The largest absolute Gasteiger partial charge is 0.358 e. The average Bonchev–Trinajstić information content (AvgIpc) is 2.14. The number of Topliss-reactive ketones (excluding diaryl/α,β-unsaturated/α-hetero) is 1. The van der Waals surface area contributed by atoms with Gasteiger partial charge in [-0.2, -0.15) is 19.8 Å². The molecule has 0 aromatic rings. The van der Waals surface area contributed by atoms with E-state index in [0.29, 0.717) is 36.6 Å². The molecule has 129 valence electrons. The van der Waals surface area contributed by atoms with Gasteiger partial charge in [0.25, 0.3) is 0 Å². The van der Waals surface area contributed by atoms with Gasteiger partial charge in [-0.05, 0) is 5.92 Å². The minimum Gasteiger partial charge on any atom is -0.358 e. The molecule has 0 bridgehead atoms. The summed E-state index contributed by atoms with van der Waals surface area (Å²) in [7, 11) is 0. The Bertz CT molecular complexity index is 171. The summed E-state index contributed by atoms with van der Waals surface area (Å²) in [6.07, 6.45) is 2.69. The molecule has 0 saturated carbocycles. The molecule has 0 aliphatic heterocycles. The predicted octanol–water partition coefficient (Wildman–Crippen LogP) is 4.75. The fourth-order valence-electron chi connectivity index (χ4n) is 0.845. The van der Waals surface area contributed by atoms with Gasteiger partial charge in [-0.25, -0.2) is 0 Å². The molecule has 1 radical (unpaired) electrons. The van der Waals surface area contributed by atoms with Crippen molar-refractivity contribution in [2.24, 2.45) is 11.8 Å². The first kappa shape index (κ1) is 38.2. The standard InChI is InChI=1S/C9H19NO.C4H9.C3H7.CH3.W.Y/c1-7(2)5-9(11)6-10-8(3)4;1-4(2)3;1-3-2;;;/h7-8,10H,5-6H2,1-4H3;4H,1H2,2-3H3;3H,1-2H3;1H3;;/q;3*-1;;. The van der Waals surface area contributed by atoms with E-state index in [-0.39, 0.29) is 61.2 Å². The summed E-state index contributed by atoms with van der Waals surface area (Å²) in [4.78, 5) is 11.1. The quantitative estimate of drug-likeness (QED) is 0.506. The van der Waals surface area contributed by atoms with Crippen molar-refractivity contribution in [3.8, 4) is 0 Å². The van der Waals surface area contributed by atoms with E-state index in [0.717, 1.165) is 0 Å². The van der Waals surface area contributed by atoms with E-state index < -0.39 is 0 Å². The summed E-state index contributed by atoms with van der Waals surface area (Å²) in [6.45, 7) is 20.5. The third kappa shape index (κ3) is 74.4. The van der Waals surface area contributed by atoms with Crippen LogP contribution in [-0.2, 0) is 58.6 Å². The van der Waals surface area contributed by atoms with Gasteiger partial charge in [0.05, 0.1) is 6.54 Å². The first-order chi connectivity index (χ1) is 8.17. The predicted molar refractivity (Wildman–Crippen MR) is 89.9 cm³/mol. The molecule has 1 N–H and O–H groups in total. The van der Waals surface area contributed by atoms with Gasteiger partial charge in [-0.15, -0.1) is 0 Å². The second kappa shape index (κ2) is 29.4. The van der Waals surface area contributed by atoms with Crippen LogP contribution < -0.4 is 5.32 Å². The van der Waals surface area contributed by atoms with Crippen LogP contribution in [0.2, 0.25) is 0 Å². The van der Waals surface area contributed by atoms with Gasteiger partial charge in [-0.1, -0.05) is 41.5 Å². The zero-order chi connectivity index (χ0) is 15.1. The third-order valence-corrected chi connectivity index (χ3v) is 1.34. The molecule has 0 aliphatic rings. The molecule has 0 fully saturated rings. The van der Waals surface area contributed by atoms with Crippen molar-refractivity contribution in [3.05, 3.63) is 20.8 Å². The van der Waals surface area contributed by atoms with Gasteiger partial charge in [0.15, 0.2) is 0 Å². The molecule has 0 aromatic heterocycles. The third-order valence-electron chi connectivity index (χ3n) is 1.34. The van der Waals surface area contributed by atoms with Crippen molar-refractivity contribution >= 4 is 5.78 Å². The van der Waals surface area contributed by atoms with E-state index in [1.807, 2.05) is 34.1 Å². The SMILES string of the molecule is CC(C)CC(=O)CNC(C)C.C[CH-]C.[CH2-]C(C)C.[CH3-].[W].[Y]. The molecule has 0 aliphatic carbocycles. The van der Waals surface area contributed by atoms with E-state index in [1.54, 1.807) is 0 Å². The van der Waals surface area contributed by atoms with Gasteiger partial charge in [0, 0.05) is 66.2 Å². The Morgan fingerprint density at radius 1 is 1.10 bits per heavy atom. The van der Waals surface area contributed by atoms with E-state index >= 15 is 0 Å². The van der Waals surface area contributed by atoms with Crippen molar-refractivity contribution in [1.29, 1.82) is 0 Å². The van der Waals surface area contributed by atoms with Crippen molar-refractivity contribution < 1.29 is 58.6 Å². The molecule has 2 nitrogen and oxygen atoms in total. The summed E-state index contributed by atoms with van der Waals surface area (Å²) in [5.41, 5.74) is 0.